The van der Waals surface area contributed by atoms with Gasteiger partial charge >= 0.3 is 0 Å². The second-order valence-electron chi connectivity index (χ2n) is 6.53. The fourth-order valence-corrected chi connectivity index (χ4v) is 3.60. The quantitative estimate of drug-likeness (QED) is 0.742. The molecule has 5 heterocycles. The molecule has 2 saturated heterocycles. The van der Waals surface area contributed by atoms with Crippen LogP contribution in [0.2, 0.25) is 0 Å². The third-order valence-electron chi connectivity index (χ3n) is 4.92. The monoisotopic (exact) mass is 353 g/mol. The lowest BCUT2D eigenvalue weighted by atomic mass is 10.1. The first-order valence-corrected chi connectivity index (χ1v) is 8.71. The van der Waals surface area contributed by atoms with Crippen LogP contribution in [0.1, 0.15) is 11.8 Å². The fraction of sp³-hybridized carbons (Fsp3) is 0.389. The third kappa shape index (κ3) is 2.82. The van der Waals surface area contributed by atoms with Gasteiger partial charge in [-0.1, -0.05) is 11.3 Å². The van der Waals surface area contributed by atoms with Crippen molar-refractivity contribution in [3.63, 3.8) is 0 Å². The summed E-state index contributed by atoms with van der Waals surface area (Å²) < 4.78 is 19.2. The molecule has 3 aromatic rings. The van der Waals surface area contributed by atoms with Gasteiger partial charge < -0.3 is 19.2 Å². The summed E-state index contributed by atoms with van der Waals surface area (Å²) in [5.41, 5.74) is 1.55. The molecule has 26 heavy (non-hydrogen) atoms. The van der Waals surface area contributed by atoms with E-state index >= 15 is 0 Å². The molecule has 5 rings (SSSR count). The van der Waals surface area contributed by atoms with Crippen LogP contribution in [0.3, 0.4) is 0 Å². The van der Waals surface area contributed by atoms with E-state index in [-0.39, 0.29) is 24.3 Å². The lowest BCUT2D eigenvalue weighted by molar-refractivity contribution is 0.0619. The van der Waals surface area contributed by atoms with E-state index in [1.165, 1.54) is 0 Å². The van der Waals surface area contributed by atoms with Gasteiger partial charge in [0, 0.05) is 6.20 Å². The Labute approximate surface area is 150 Å². The van der Waals surface area contributed by atoms with Gasteiger partial charge in [-0.2, -0.15) is 0 Å². The Morgan fingerprint density at radius 2 is 2.04 bits per heavy atom. The number of fused-ring (bicyclic) bond motifs is 1. The van der Waals surface area contributed by atoms with Crippen molar-refractivity contribution in [3.05, 3.63) is 54.7 Å². The largest absolute Gasteiger partial charge is 0.468 e. The van der Waals surface area contributed by atoms with Crippen LogP contribution < -0.4 is 5.32 Å². The maximum Gasteiger partial charge on any atom is 0.131 e. The van der Waals surface area contributed by atoms with Gasteiger partial charge in [-0.05, 0) is 24.3 Å². The van der Waals surface area contributed by atoms with Gasteiger partial charge in [-0.15, -0.1) is 5.10 Å². The van der Waals surface area contributed by atoms with Crippen LogP contribution >= 0.6 is 0 Å². The van der Waals surface area contributed by atoms with Crippen molar-refractivity contribution in [1.29, 1.82) is 0 Å². The smallest absolute Gasteiger partial charge is 0.131 e. The van der Waals surface area contributed by atoms with Crippen LogP contribution in [-0.2, 0) is 16.0 Å². The fourth-order valence-electron chi connectivity index (χ4n) is 3.60. The average molecular weight is 353 g/mol. The molecule has 0 unspecified atom stereocenters. The molecule has 2 aliphatic heterocycles. The van der Waals surface area contributed by atoms with E-state index in [1.54, 1.807) is 12.5 Å². The highest BCUT2D eigenvalue weighted by atomic mass is 16.6. The van der Waals surface area contributed by atoms with Crippen LogP contribution in [0.15, 0.2) is 53.4 Å². The molecule has 4 atom stereocenters. The Kier molecular flexibility index (Phi) is 4.00. The van der Waals surface area contributed by atoms with Gasteiger partial charge in [0.2, 0.25) is 0 Å². The van der Waals surface area contributed by atoms with Gasteiger partial charge in [0.15, 0.2) is 0 Å². The number of ether oxygens (including phenoxy) is 2. The minimum absolute atomic E-state index is 0.00235. The summed E-state index contributed by atoms with van der Waals surface area (Å²) >= 11 is 0. The van der Waals surface area contributed by atoms with Crippen LogP contribution in [0.25, 0.3) is 11.4 Å². The van der Waals surface area contributed by atoms with Crippen molar-refractivity contribution in [2.45, 2.75) is 30.8 Å². The summed E-state index contributed by atoms with van der Waals surface area (Å²) in [4.78, 5) is 4.32. The molecule has 0 spiro atoms. The van der Waals surface area contributed by atoms with Crippen molar-refractivity contribution < 1.29 is 13.9 Å². The Bertz CT molecular complexity index is 851. The third-order valence-corrected chi connectivity index (χ3v) is 4.92. The van der Waals surface area contributed by atoms with Gasteiger partial charge in [0.25, 0.3) is 0 Å². The Balaban J connectivity index is 1.27. The molecule has 0 aliphatic carbocycles. The van der Waals surface area contributed by atoms with Crippen LogP contribution in [0.4, 0.5) is 0 Å². The van der Waals surface area contributed by atoms with Gasteiger partial charge in [-0.3, -0.25) is 4.98 Å². The van der Waals surface area contributed by atoms with E-state index in [4.69, 9.17) is 13.9 Å². The zero-order valence-electron chi connectivity index (χ0n) is 14.1. The molecule has 0 radical (unpaired) electrons. The van der Waals surface area contributed by atoms with E-state index in [9.17, 15) is 0 Å². The molecule has 2 aliphatic rings. The molecule has 3 aromatic heterocycles. The van der Waals surface area contributed by atoms with Crippen molar-refractivity contribution in [2.24, 2.45) is 0 Å². The predicted molar refractivity (Wildman–Crippen MR) is 91.1 cm³/mol. The molecule has 8 nitrogen and oxygen atoms in total. The number of furan rings is 1. The predicted octanol–water partition coefficient (Wildman–Crippen LogP) is 1.43. The topological polar surface area (TPSA) is 87.2 Å². The molecule has 0 aromatic carbocycles. The summed E-state index contributed by atoms with van der Waals surface area (Å²) in [5.74, 6) is 0.902. The minimum Gasteiger partial charge on any atom is -0.468 e. The van der Waals surface area contributed by atoms with Gasteiger partial charge in [0.05, 0.1) is 44.0 Å². The number of hydrogen-bond donors (Lipinski definition) is 1. The van der Waals surface area contributed by atoms with Crippen LogP contribution in [0, 0.1) is 0 Å². The summed E-state index contributed by atoms with van der Waals surface area (Å²) in [5, 5.41) is 12.0. The molecule has 2 fully saturated rings. The Morgan fingerprint density at radius 3 is 2.88 bits per heavy atom. The second-order valence-corrected chi connectivity index (χ2v) is 6.53. The first-order chi connectivity index (χ1) is 12.9. The lowest BCUT2D eigenvalue weighted by Crippen LogP contribution is -2.40. The van der Waals surface area contributed by atoms with Crippen molar-refractivity contribution in [1.82, 2.24) is 25.3 Å². The van der Waals surface area contributed by atoms with E-state index < -0.39 is 0 Å². The van der Waals surface area contributed by atoms with Gasteiger partial charge in [-0.25, -0.2) is 4.68 Å². The van der Waals surface area contributed by atoms with E-state index in [1.807, 2.05) is 41.2 Å². The summed E-state index contributed by atoms with van der Waals surface area (Å²) in [6.07, 6.45) is 5.29. The summed E-state index contributed by atoms with van der Waals surface area (Å²) in [6.45, 7) is 1.82. The SMILES string of the molecule is c1ccc(-c2cn([C@H]3CO[C@H]4[C@@H]3OC[C@@H]4NCc3ccco3)nn2)nc1. The van der Waals surface area contributed by atoms with E-state index in [0.717, 1.165) is 17.1 Å². The van der Waals surface area contributed by atoms with Gasteiger partial charge in [0.1, 0.15) is 29.7 Å². The molecular formula is C18H19N5O3. The maximum atomic E-state index is 6.02. The first kappa shape index (κ1) is 15.7. The molecule has 0 amide bonds. The number of nitrogens with zero attached hydrogens (tertiary/aromatic N) is 4. The molecule has 1 N–H and O–H groups in total. The molecule has 0 bridgehead atoms. The number of nitrogens with one attached hydrogen (secondary N) is 1. The first-order valence-electron chi connectivity index (χ1n) is 8.71. The Hall–Kier alpha value is -2.55. The van der Waals surface area contributed by atoms with Crippen LogP contribution in [0.5, 0.6) is 0 Å². The molecule has 134 valence electrons. The van der Waals surface area contributed by atoms with Crippen molar-refractivity contribution in [2.75, 3.05) is 13.2 Å². The second kappa shape index (κ2) is 6.64. The zero-order valence-corrected chi connectivity index (χ0v) is 14.1. The molecule has 0 saturated carbocycles. The highest BCUT2D eigenvalue weighted by Crippen LogP contribution is 2.34. The van der Waals surface area contributed by atoms with Crippen LogP contribution in [-0.4, -0.2) is 51.4 Å². The minimum atomic E-state index is -0.0395. The lowest BCUT2D eigenvalue weighted by Gasteiger charge is -2.17. The van der Waals surface area contributed by atoms with E-state index in [2.05, 4.69) is 20.6 Å². The highest BCUT2D eigenvalue weighted by molar-refractivity contribution is 5.51. The number of aromatic nitrogens is 4. The molecule has 8 heteroatoms. The maximum absolute atomic E-state index is 6.02. The van der Waals surface area contributed by atoms with E-state index in [0.29, 0.717) is 19.8 Å². The average Bonchev–Trinajstić information content (AvgIpc) is 3.44. The standard InChI is InChI=1S/C18H19N5O3/c1-2-6-19-13(5-1)14-9-23(22-21-14)16-11-26-17-15(10-25-18(16)17)20-8-12-4-3-7-24-12/h1-7,9,15-18,20H,8,10-11H2/t15-,16-,17+,18+/m0/s1. The number of hydrogen-bond acceptors (Lipinski definition) is 7. The normalized spacial score (nSPS) is 27.7. The number of rotatable bonds is 5. The summed E-state index contributed by atoms with van der Waals surface area (Å²) in [6, 6.07) is 9.72. The highest BCUT2D eigenvalue weighted by Gasteiger charge is 2.48. The summed E-state index contributed by atoms with van der Waals surface area (Å²) in [7, 11) is 0. The number of pyridine rings is 1. The Morgan fingerprint density at radius 1 is 1.08 bits per heavy atom. The zero-order chi connectivity index (χ0) is 17.3. The van der Waals surface area contributed by atoms with Crippen molar-refractivity contribution in [3.8, 4) is 11.4 Å². The molecular weight excluding hydrogens is 334 g/mol. The van der Waals surface area contributed by atoms with Crippen molar-refractivity contribution >= 4 is 0 Å².